The molecule has 3 fully saturated rings. The summed E-state index contributed by atoms with van der Waals surface area (Å²) in [5.74, 6) is 0.263. The molecule has 0 aliphatic carbocycles. The Morgan fingerprint density at radius 3 is 2.75 bits per heavy atom. The number of aryl methyl sites for hydroxylation is 1. The van der Waals surface area contributed by atoms with Crippen molar-refractivity contribution in [3.05, 3.63) is 35.6 Å². The number of carbonyl (C=O) groups excluding carboxylic acids is 3. The molecular formula is C21H25N3O4. The number of nitrogens with zero attached hydrogens (tertiary/aromatic N) is 3. The van der Waals surface area contributed by atoms with Gasteiger partial charge in [0.15, 0.2) is 0 Å². The van der Waals surface area contributed by atoms with Crippen LogP contribution in [-0.2, 0) is 9.59 Å². The molecule has 1 aromatic heterocycles. The van der Waals surface area contributed by atoms with Gasteiger partial charge in [-0.1, -0.05) is 12.1 Å². The number of hydrogen-bond donors (Lipinski definition) is 0. The molecule has 0 radical (unpaired) electrons. The summed E-state index contributed by atoms with van der Waals surface area (Å²) in [5.41, 5.74) is 1.11. The number of piperidine rings is 1. The highest BCUT2D eigenvalue weighted by Crippen LogP contribution is 2.31. The second kappa shape index (κ2) is 6.96. The first-order chi connectivity index (χ1) is 13.3. The van der Waals surface area contributed by atoms with E-state index in [0.717, 1.165) is 24.0 Å². The van der Waals surface area contributed by atoms with Gasteiger partial charge in [0.05, 0.1) is 11.5 Å². The summed E-state index contributed by atoms with van der Waals surface area (Å²) in [5, 5.41) is 0.899. The van der Waals surface area contributed by atoms with Crippen LogP contribution in [0.15, 0.2) is 28.7 Å². The van der Waals surface area contributed by atoms with Crippen molar-refractivity contribution in [1.29, 1.82) is 0 Å². The van der Waals surface area contributed by atoms with Crippen LogP contribution in [-0.4, -0.2) is 72.2 Å². The molecular weight excluding hydrogens is 358 g/mol. The van der Waals surface area contributed by atoms with Crippen LogP contribution in [0.4, 0.5) is 0 Å². The minimum absolute atomic E-state index is 0.0196. The van der Waals surface area contributed by atoms with Gasteiger partial charge in [0.25, 0.3) is 5.91 Å². The lowest BCUT2D eigenvalue weighted by Gasteiger charge is -2.35. The van der Waals surface area contributed by atoms with E-state index in [1.807, 2.05) is 25.1 Å². The van der Waals surface area contributed by atoms with E-state index in [1.165, 1.54) is 4.90 Å². The van der Waals surface area contributed by atoms with Crippen LogP contribution in [0.3, 0.4) is 0 Å². The van der Waals surface area contributed by atoms with Crippen LogP contribution in [0.1, 0.15) is 29.0 Å². The van der Waals surface area contributed by atoms with E-state index >= 15 is 0 Å². The normalized spacial score (nSPS) is 21.9. The predicted molar refractivity (Wildman–Crippen MR) is 104 cm³/mol. The monoisotopic (exact) mass is 383 g/mol. The van der Waals surface area contributed by atoms with E-state index in [4.69, 9.17) is 4.42 Å². The minimum Gasteiger partial charge on any atom is -0.461 e. The Labute approximate surface area is 163 Å². The van der Waals surface area contributed by atoms with Crippen molar-refractivity contribution < 1.29 is 18.8 Å². The maximum atomic E-state index is 13.3. The molecule has 7 heteroatoms. The van der Waals surface area contributed by atoms with Gasteiger partial charge in [-0.25, -0.2) is 0 Å². The van der Waals surface area contributed by atoms with Gasteiger partial charge in [-0.3, -0.25) is 14.4 Å². The summed E-state index contributed by atoms with van der Waals surface area (Å²) in [7, 11) is 3.37. The average molecular weight is 383 g/mol. The number of rotatable bonds is 3. The summed E-state index contributed by atoms with van der Waals surface area (Å²) >= 11 is 0. The third-order valence-electron chi connectivity index (χ3n) is 5.78. The Morgan fingerprint density at radius 2 is 2.00 bits per heavy atom. The SMILES string of the molecule is Cc1cc2cccc(C(=O)N3C[C@H]4CC[C@@H](C3)N(CC(=O)N(C)C)C4=O)c2o1. The van der Waals surface area contributed by atoms with E-state index < -0.39 is 0 Å². The van der Waals surface area contributed by atoms with Gasteiger partial charge < -0.3 is 19.1 Å². The molecule has 3 amide bonds. The Morgan fingerprint density at radius 1 is 1.21 bits per heavy atom. The Hall–Kier alpha value is -2.83. The fraction of sp³-hybridized carbons (Fsp3) is 0.476. The van der Waals surface area contributed by atoms with Gasteiger partial charge in [0.1, 0.15) is 17.9 Å². The molecule has 0 saturated carbocycles. The van der Waals surface area contributed by atoms with Gasteiger partial charge in [-0.15, -0.1) is 0 Å². The number of fused-ring (bicyclic) bond motifs is 5. The zero-order valence-electron chi connectivity index (χ0n) is 16.5. The highest BCUT2D eigenvalue weighted by atomic mass is 16.3. The fourth-order valence-corrected chi connectivity index (χ4v) is 4.23. The molecule has 5 rings (SSSR count). The molecule has 4 heterocycles. The Balaban J connectivity index is 1.61. The fourth-order valence-electron chi connectivity index (χ4n) is 4.23. The lowest BCUT2D eigenvalue weighted by molar-refractivity contribution is -0.145. The number of benzene rings is 1. The van der Waals surface area contributed by atoms with E-state index in [0.29, 0.717) is 24.2 Å². The maximum absolute atomic E-state index is 13.3. The molecule has 3 saturated heterocycles. The van der Waals surface area contributed by atoms with Crippen LogP contribution in [0.2, 0.25) is 0 Å². The predicted octanol–water partition coefficient (Wildman–Crippen LogP) is 1.89. The number of hydrogen-bond acceptors (Lipinski definition) is 4. The van der Waals surface area contributed by atoms with Gasteiger partial charge in [0.2, 0.25) is 11.8 Å². The number of furan rings is 1. The highest BCUT2D eigenvalue weighted by Gasteiger charge is 2.43. The van der Waals surface area contributed by atoms with E-state index in [9.17, 15) is 14.4 Å². The van der Waals surface area contributed by atoms with Crippen LogP contribution < -0.4 is 0 Å². The summed E-state index contributed by atoms with van der Waals surface area (Å²) in [6.07, 6.45) is 1.56. The number of likely N-dealkylation sites (N-methyl/N-ethyl adjacent to an activating group) is 1. The van der Waals surface area contributed by atoms with Gasteiger partial charge in [-0.2, -0.15) is 0 Å². The van der Waals surface area contributed by atoms with Gasteiger partial charge >= 0.3 is 0 Å². The van der Waals surface area contributed by atoms with Crippen LogP contribution in [0, 0.1) is 12.8 Å². The van der Waals surface area contributed by atoms with Crippen molar-refractivity contribution in [1.82, 2.24) is 14.7 Å². The van der Waals surface area contributed by atoms with Gasteiger partial charge in [-0.05, 0) is 31.9 Å². The van der Waals surface area contributed by atoms with E-state index in [-0.39, 0.29) is 36.2 Å². The van der Waals surface area contributed by atoms with Gasteiger partial charge in [0, 0.05) is 38.6 Å². The molecule has 2 atom stereocenters. The topological polar surface area (TPSA) is 74.1 Å². The summed E-state index contributed by atoms with van der Waals surface area (Å²) in [6.45, 7) is 2.76. The Bertz CT molecular complexity index is 948. The lowest BCUT2D eigenvalue weighted by atomic mass is 9.94. The lowest BCUT2D eigenvalue weighted by Crippen LogP contribution is -2.51. The quantitative estimate of drug-likeness (QED) is 0.811. The molecule has 1 aromatic carbocycles. The van der Waals surface area contributed by atoms with Crippen molar-refractivity contribution in [3.63, 3.8) is 0 Å². The second-order valence-electron chi connectivity index (χ2n) is 7.97. The van der Waals surface area contributed by atoms with E-state index in [2.05, 4.69) is 0 Å². The first-order valence-corrected chi connectivity index (χ1v) is 9.64. The summed E-state index contributed by atoms with van der Waals surface area (Å²) < 4.78 is 5.76. The molecule has 148 valence electrons. The largest absolute Gasteiger partial charge is 0.461 e. The van der Waals surface area contributed by atoms with Crippen molar-refractivity contribution >= 4 is 28.7 Å². The standard InChI is InChI=1S/C21H25N3O4/c1-13-9-14-5-4-6-17(19(14)28-13)21(27)23-10-15-7-8-16(11-23)24(20(15)26)12-18(25)22(2)3/h4-6,9,15-16H,7-8,10-12H2,1-3H3/t15-,16+/m1/s1. The molecule has 0 N–H and O–H groups in total. The molecule has 0 spiro atoms. The van der Waals surface area contributed by atoms with Crippen molar-refractivity contribution in [2.45, 2.75) is 25.8 Å². The first kappa shape index (κ1) is 18.5. The minimum atomic E-state index is -0.254. The second-order valence-corrected chi connectivity index (χ2v) is 7.97. The zero-order valence-corrected chi connectivity index (χ0v) is 16.5. The molecule has 7 nitrogen and oxygen atoms in total. The van der Waals surface area contributed by atoms with Crippen molar-refractivity contribution in [2.75, 3.05) is 33.7 Å². The number of amides is 3. The molecule has 28 heavy (non-hydrogen) atoms. The van der Waals surface area contributed by atoms with Crippen LogP contribution >= 0.6 is 0 Å². The van der Waals surface area contributed by atoms with Crippen molar-refractivity contribution in [3.8, 4) is 0 Å². The van der Waals surface area contributed by atoms with E-state index in [1.54, 1.807) is 30.0 Å². The highest BCUT2D eigenvalue weighted by molar-refractivity contribution is 6.05. The average Bonchev–Trinajstić information content (AvgIpc) is 2.84. The summed E-state index contributed by atoms with van der Waals surface area (Å²) in [6, 6.07) is 7.33. The van der Waals surface area contributed by atoms with Crippen LogP contribution in [0.5, 0.6) is 0 Å². The summed E-state index contributed by atoms with van der Waals surface area (Å²) in [4.78, 5) is 43.3. The van der Waals surface area contributed by atoms with Crippen LogP contribution in [0.25, 0.3) is 11.0 Å². The molecule has 3 aliphatic heterocycles. The smallest absolute Gasteiger partial charge is 0.257 e. The first-order valence-electron chi connectivity index (χ1n) is 9.64. The molecule has 3 aliphatic rings. The molecule has 0 unspecified atom stereocenters. The maximum Gasteiger partial charge on any atom is 0.257 e. The number of para-hydroxylation sites is 1. The number of carbonyl (C=O) groups is 3. The van der Waals surface area contributed by atoms with Crippen molar-refractivity contribution in [2.24, 2.45) is 5.92 Å². The third-order valence-corrected chi connectivity index (χ3v) is 5.78. The third kappa shape index (κ3) is 3.15. The Kier molecular flexibility index (Phi) is 4.61. The molecule has 2 aromatic rings. The zero-order chi connectivity index (χ0) is 20.0. The molecule has 2 bridgehead atoms.